The first-order valence-electron chi connectivity index (χ1n) is 7.08. The number of halogens is 3. The predicted octanol–water partition coefficient (Wildman–Crippen LogP) is 4.26. The van der Waals surface area contributed by atoms with E-state index in [-0.39, 0.29) is 5.56 Å². The molecule has 1 N–H and O–H groups in total. The number of ether oxygens (including phenoxy) is 1. The van der Waals surface area contributed by atoms with Gasteiger partial charge in [-0.2, -0.15) is 18.4 Å². The van der Waals surface area contributed by atoms with Crippen molar-refractivity contribution >= 4 is 17.7 Å². The van der Waals surface area contributed by atoms with E-state index in [4.69, 9.17) is 10.00 Å². The Kier molecular flexibility index (Phi) is 5.45. The van der Waals surface area contributed by atoms with Crippen LogP contribution in [0.2, 0.25) is 0 Å². The SMILES string of the molecule is COc1cccc(NC(=O)/C(C#N)=C/c2ccccc2C(F)(F)F)c1. The first kappa shape index (κ1) is 18.1. The molecule has 0 saturated carbocycles. The van der Waals surface area contributed by atoms with Crippen molar-refractivity contribution in [2.75, 3.05) is 12.4 Å². The van der Waals surface area contributed by atoms with Gasteiger partial charge in [-0.15, -0.1) is 0 Å². The number of nitrogens with one attached hydrogen (secondary N) is 1. The Morgan fingerprint density at radius 3 is 2.56 bits per heavy atom. The summed E-state index contributed by atoms with van der Waals surface area (Å²) in [4.78, 5) is 12.2. The Bertz CT molecular complexity index is 852. The summed E-state index contributed by atoms with van der Waals surface area (Å²) in [6.07, 6.45) is -3.67. The number of hydrogen-bond donors (Lipinski definition) is 1. The lowest BCUT2D eigenvalue weighted by molar-refractivity contribution is -0.137. The number of nitrogens with zero attached hydrogens (tertiary/aromatic N) is 1. The standard InChI is InChI=1S/C18H13F3N2O2/c1-25-15-7-4-6-14(10-15)23-17(24)13(11-22)9-12-5-2-3-8-16(12)18(19,20)21/h2-10H,1H3,(H,23,24)/b13-9+. The van der Waals surface area contributed by atoms with Crippen molar-refractivity contribution in [2.24, 2.45) is 0 Å². The smallest absolute Gasteiger partial charge is 0.416 e. The second kappa shape index (κ2) is 7.53. The molecular formula is C18H13F3N2O2. The zero-order valence-corrected chi connectivity index (χ0v) is 13.1. The Labute approximate surface area is 142 Å². The molecule has 0 heterocycles. The van der Waals surface area contributed by atoms with Gasteiger partial charge in [-0.1, -0.05) is 24.3 Å². The highest BCUT2D eigenvalue weighted by molar-refractivity contribution is 6.09. The maximum absolute atomic E-state index is 13.0. The minimum atomic E-state index is -4.59. The van der Waals surface area contributed by atoms with Gasteiger partial charge in [-0.05, 0) is 29.8 Å². The third-order valence-corrected chi connectivity index (χ3v) is 3.26. The van der Waals surface area contributed by atoms with E-state index >= 15 is 0 Å². The van der Waals surface area contributed by atoms with Gasteiger partial charge in [0.15, 0.2) is 0 Å². The summed E-state index contributed by atoms with van der Waals surface area (Å²) in [6.45, 7) is 0. The first-order valence-corrected chi connectivity index (χ1v) is 7.08. The Hall–Kier alpha value is -3.27. The summed E-state index contributed by atoms with van der Waals surface area (Å²) in [5.41, 5.74) is -1.27. The highest BCUT2D eigenvalue weighted by Crippen LogP contribution is 2.32. The number of nitriles is 1. The van der Waals surface area contributed by atoms with Crippen LogP contribution in [0.25, 0.3) is 6.08 Å². The minimum Gasteiger partial charge on any atom is -0.497 e. The number of hydrogen-bond acceptors (Lipinski definition) is 3. The van der Waals surface area contributed by atoms with Crippen LogP contribution >= 0.6 is 0 Å². The second-order valence-electron chi connectivity index (χ2n) is 4.94. The number of benzene rings is 2. The normalized spacial score (nSPS) is 11.6. The molecule has 2 aromatic rings. The topological polar surface area (TPSA) is 62.1 Å². The van der Waals surface area contributed by atoms with E-state index in [0.29, 0.717) is 11.4 Å². The quantitative estimate of drug-likeness (QED) is 0.665. The highest BCUT2D eigenvalue weighted by Gasteiger charge is 2.32. The summed E-state index contributed by atoms with van der Waals surface area (Å²) in [5.74, 6) is -0.324. The average Bonchev–Trinajstić information content (AvgIpc) is 2.59. The molecule has 0 bridgehead atoms. The fourth-order valence-electron chi connectivity index (χ4n) is 2.08. The third kappa shape index (κ3) is 4.61. The molecule has 0 unspecified atom stereocenters. The van der Waals surface area contributed by atoms with Crippen LogP contribution < -0.4 is 10.1 Å². The molecule has 25 heavy (non-hydrogen) atoms. The molecule has 2 aromatic carbocycles. The zero-order chi connectivity index (χ0) is 18.4. The largest absolute Gasteiger partial charge is 0.497 e. The Morgan fingerprint density at radius 1 is 1.20 bits per heavy atom. The van der Waals surface area contributed by atoms with Crippen LogP contribution in [-0.2, 0) is 11.0 Å². The molecular weight excluding hydrogens is 333 g/mol. The average molecular weight is 346 g/mol. The lowest BCUT2D eigenvalue weighted by Crippen LogP contribution is -2.14. The number of carbonyl (C=O) groups excluding carboxylic acids is 1. The molecule has 1 amide bonds. The van der Waals surface area contributed by atoms with E-state index in [0.717, 1.165) is 12.1 Å². The van der Waals surface area contributed by atoms with Crippen molar-refractivity contribution in [3.63, 3.8) is 0 Å². The summed E-state index contributed by atoms with van der Waals surface area (Å²) in [5, 5.41) is 11.6. The molecule has 4 nitrogen and oxygen atoms in total. The lowest BCUT2D eigenvalue weighted by atomic mass is 10.0. The van der Waals surface area contributed by atoms with Gasteiger partial charge in [0.25, 0.3) is 5.91 Å². The number of amides is 1. The fraction of sp³-hybridized carbons (Fsp3) is 0.111. The molecule has 0 atom stereocenters. The van der Waals surface area contributed by atoms with E-state index in [1.807, 2.05) is 0 Å². The molecule has 0 aromatic heterocycles. The van der Waals surface area contributed by atoms with Gasteiger partial charge >= 0.3 is 6.18 Å². The first-order chi connectivity index (χ1) is 11.8. The Morgan fingerprint density at radius 2 is 1.92 bits per heavy atom. The highest BCUT2D eigenvalue weighted by atomic mass is 19.4. The molecule has 0 aliphatic rings. The van der Waals surface area contributed by atoms with Gasteiger partial charge < -0.3 is 10.1 Å². The summed E-state index contributed by atoms with van der Waals surface area (Å²) < 4.78 is 44.0. The number of anilines is 1. The predicted molar refractivity (Wildman–Crippen MR) is 86.7 cm³/mol. The van der Waals surface area contributed by atoms with Crippen LogP contribution in [0.1, 0.15) is 11.1 Å². The van der Waals surface area contributed by atoms with Crippen LogP contribution in [0.15, 0.2) is 54.1 Å². The lowest BCUT2D eigenvalue weighted by Gasteiger charge is -2.10. The minimum absolute atomic E-state index is 0.257. The maximum atomic E-state index is 13.0. The van der Waals surface area contributed by atoms with E-state index in [9.17, 15) is 18.0 Å². The van der Waals surface area contributed by atoms with Crippen LogP contribution in [0, 0.1) is 11.3 Å². The molecule has 0 aliphatic heterocycles. The summed E-state index contributed by atoms with van der Waals surface area (Å²) >= 11 is 0. The number of alkyl halides is 3. The van der Waals surface area contributed by atoms with Crippen molar-refractivity contribution in [3.8, 4) is 11.8 Å². The third-order valence-electron chi connectivity index (χ3n) is 3.26. The maximum Gasteiger partial charge on any atom is 0.416 e. The van der Waals surface area contributed by atoms with Crippen molar-refractivity contribution in [3.05, 3.63) is 65.2 Å². The van der Waals surface area contributed by atoms with Crippen molar-refractivity contribution in [2.45, 2.75) is 6.18 Å². The van der Waals surface area contributed by atoms with Crippen molar-refractivity contribution < 1.29 is 22.7 Å². The van der Waals surface area contributed by atoms with Crippen molar-refractivity contribution in [1.29, 1.82) is 5.26 Å². The number of rotatable bonds is 4. The van der Waals surface area contributed by atoms with Gasteiger partial charge in [0.1, 0.15) is 17.4 Å². The fourth-order valence-corrected chi connectivity index (χ4v) is 2.08. The Balaban J connectivity index is 2.32. The molecule has 0 aliphatic carbocycles. The molecule has 7 heteroatoms. The van der Waals surface area contributed by atoms with E-state index in [1.54, 1.807) is 24.3 Å². The van der Waals surface area contributed by atoms with Gasteiger partial charge in [-0.3, -0.25) is 4.79 Å². The number of carbonyl (C=O) groups is 1. The zero-order valence-electron chi connectivity index (χ0n) is 13.1. The summed E-state index contributed by atoms with van der Waals surface area (Å²) in [7, 11) is 1.45. The second-order valence-corrected chi connectivity index (χ2v) is 4.94. The van der Waals surface area contributed by atoms with Gasteiger partial charge in [0, 0.05) is 11.8 Å². The summed E-state index contributed by atoms with van der Waals surface area (Å²) in [6, 6.07) is 12.7. The van der Waals surface area contributed by atoms with E-state index in [2.05, 4.69) is 5.32 Å². The van der Waals surface area contributed by atoms with Crippen molar-refractivity contribution in [1.82, 2.24) is 0 Å². The van der Waals surface area contributed by atoms with Gasteiger partial charge in [0.2, 0.25) is 0 Å². The van der Waals surface area contributed by atoms with Crippen LogP contribution in [0.4, 0.5) is 18.9 Å². The monoisotopic (exact) mass is 346 g/mol. The van der Waals surface area contributed by atoms with Gasteiger partial charge in [0.05, 0.1) is 12.7 Å². The molecule has 128 valence electrons. The molecule has 0 radical (unpaired) electrons. The number of methoxy groups -OCH3 is 1. The van der Waals surface area contributed by atoms with E-state index < -0.39 is 23.2 Å². The molecule has 0 saturated heterocycles. The van der Waals surface area contributed by atoms with Gasteiger partial charge in [-0.25, -0.2) is 0 Å². The van der Waals surface area contributed by atoms with E-state index in [1.165, 1.54) is 31.4 Å². The van der Waals surface area contributed by atoms with Crippen LogP contribution in [-0.4, -0.2) is 13.0 Å². The van der Waals surface area contributed by atoms with Crippen LogP contribution in [0.5, 0.6) is 5.75 Å². The molecule has 0 fully saturated rings. The van der Waals surface area contributed by atoms with Crippen LogP contribution in [0.3, 0.4) is 0 Å². The molecule has 2 rings (SSSR count). The molecule has 0 spiro atoms.